The number of nitrogens with two attached hydrogens (primary N) is 1. The average molecular weight is 216 g/mol. The van der Waals surface area contributed by atoms with Crippen molar-refractivity contribution in [1.29, 1.82) is 0 Å². The van der Waals surface area contributed by atoms with Crippen molar-refractivity contribution in [3.8, 4) is 12.3 Å². The Labute approximate surface area is 88.8 Å². The lowest BCUT2D eigenvalue weighted by atomic mass is 10.1. The molecule has 3 N–H and O–H groups in total. The second kappa shape index (κ2) is 6.61. The first-order valence-electron chi connectivity index (χ1n) is 4.47. The molecule has 2 nitrogen and oxygen atoms in total. The first-order chi connectivity index (χ1) is 6.38. The summed E-state index contributed by atoms with van der Waals surface area (Å²) in [5.74, 6) is 11.9. The number of nitrogens with one attached hydrogen (secondary N) is 1. The van der Waals surface area contributed by atoms with Crippen LogP contribution in [0.1, 0.15) is 12.8 Å². The van der Waals surface area contributed by atoms with Crippen LogP contribution >= 0.6 is 23.5 Å². The first-order valence-corrected chi connectivity index (χ1v) is 6.67. The van der Waals surface area contributed by atoms with Crippen molar-refractivity contribution in [2.45, 2.75) is 24.1 Å². The van der Waals surface area contributed by atoms with E-state index in [1.165, 1.54) is 17.3 Å². The molecule has 0 spiro atoms. The molecule has 1 saturated heterocycles. The van der Waals surface area contributed by atoms with Crippen molar-refractivity contribution >= 4 is 23.5 Å². The SMILES string of the molecule is C#CCCC(NN)C1CSCCS1. The van der Waals surface area contributed by atoms with E-state index in [0.717, 1.165) is 12.8 Å². The van der Waals surface area contributed by atoms with E-state index in [1.54, 1.807) is 0 Å². The average Bonchev–Trinajstić information content (AvgIpc) is 2.21. The summed E-state index contributed by atoms with van der Waals surface area (Å²) >= 11 is 4.03. The minimum absolute atomic E-state index is 0.383. The van der Waals surface area contributed by atoms with Crippen LogP contribution in [-0.4, -0.2) is 28.6 Å². The van der Waals surface area contributed by atoms with Gasteiger partial charge in [0.1, 0.15) is 0 Å². The third kappa shape index (κ3) is 3.82. The number of hydrogen-bond acceptors (Lipinski definition) is 4. The quantitative estimate of drug-likeness (QED) is 0.419. The zero-order valence-electron chi connectivity index (χ0n) is 7.66. The first kappa shape index (κ1) is 11.3. The fourth-order valence-corrected chi connectivity index (χ4v) is 4.26. The standard InChI is InChI=1S/C9H16N2S2/c1-2-3-4-8(11-10)9-7-12-5-6-13-9/h1,8-9,11H,3-7,10H2. The van der Waals surface area contributed by atoms with Gasteiger partial charge in [-0.25, -0.2) is 0 Å². The number of terminal acetylenes is 1. The Balaban J connectivity index is 2.31. The fraction of sp³-hybridized carbons (Fsp3) is 0.778. The molecule has 0 saturated carbocycles. The molecule has 1 aliphatic rings. The van der Waals surface area contributed by atoms with Gasteiger partial charge in [0, 0.05) is 35.0 Å². The lowest BCUT2D eigenvalue weighted by molar-refractivity contribution is 0.499. The Hall–Kier alpha value is 0.180. The van der Waals surface area contributed by atoms with Crippen molar-refractivity contribution in [1.82, 2.24) is 5.43 Å². The summed E-state index contributed by atoms with van der Waals surface area (Å²) in [6, 6.07) is 0.383. The van der Waals surface area contributed by atoms with Crippen LogP contribution in [0.25, 0.3) is 0 Å². The van der Waals surface area contributed by atoms with Crippen LogP contribution in [0.2, 0.25) is 0 Å². The van der Waals surface area contributed by atoms with Gasteiger partial charge in [-0.1, -0.05) is 0 Å². The predicted octanol–water partition coefficient (Wildman–Crippen LogP) is 1.08. The predicted molar refractivity (Wildman–Crippen MR) is 62.7 cm³/mol. The molecular formula is C9H16N2S2. The van der Waals surface area contributed by atoms with Crippen molar-refractivity contribution in [2.24, 2.45) is 5.84 Å². The molecule has 1 fully saturated rings. The molecule has 2 atom stereocenters. The zero-order valence-corrected chi connectivity index (χ0v) is 9.29. The van der Waals surface area contributed by atoms with Crippen LogP contribution in [-0.2, 0) is 0 Å². The number of hydrogen-bond donors (Lipinski definition) is 2. The maximum atomic E-state index is 5.50. The highest BCUT2D eigenvalue weighted by Gasteiger charge is 2.22. The van der Waals surface area contributed by atoms with E-state index >= 15 is 0 Å². The topological polar surface area (TPSA) is 38.0 Å². The highest BCUT2D eigenvalue weighted by Crippen LogP contribution is 2.27. The van der Waals surface area contributed by atoms with E-state index in [4.69, 9.17) is 12.3 Å². The minimum atomic E-state index is 0.383. The lowest BCUT2D eigenvalue weighted by Crippen LogP contribution is -2.44. The van der Waals surface area contributed by atoms with Gasteiger partial charge in [0.2, 0.25) is 0 Å². The van der Waals surface area contributed by atoms with E-state index < -0.39 is 0 Å². The molecule has 1 rings (SSSR count). The number of rotatable bonds is 4. The van der Waals surface area contributed by atoms with Gasteiger partial charge in [-0.05, 0) is 6.42 Å². The Bertz CT molecular complexity index is 173. The van der Waals surface area contributed by atoms with Crippen LogP contribution in [0.5, 0.6) is 0 Å². The molecule has 0 radical (unpaired) electrons. The summed E-state index contributed by atoms with van der Waals surface area (Å²) in [6.07, 6.45) is 7.04. The molecule has 4 heteroatoms. The molecule has 0 aromatic heterocycles. The molecule has 74 valence electrons. The van der Waals surface area contributed by atoms with E-state index in [1.807, 2.05) is 23.5 Å². The third-order valence-corrected chi connectivity index (χ3v) is 5.02. The molecule has 0 aromatic carbocycles. The summed E-state index contributed by atoms with van der Waals surface area (Å²) in [7, 11) is 0. The Morgan fingerprint density at radius 3 is 3.00 bits per heavy atom. The second-order valence-electron chi connectivity index (χ2n) is 3.00. The maximum absolute atomic E-state index is 5.50. The largest absolute Gasteiger partial charge is 0.271 e. The van der Waals surface area contributed by atoms with Gasteiger partial charge in [0.25, 0.3) is 0 Å². The Morgan fingerprint density at radius 1 is 1.62 bits per heavy atom. The van der Waals surface area contributed by atoms with Crippen LogP contribution in [0.15, 0.2) is 0 Å². The Morgan fingerprint density at radius 2 is 2.46 bits per heavy atom. The molecule has 13 heavy (non-hydrogen) atoms. The van der Waals surface area contributed by atoms with E-state index in [2.05, 4.69) is 11.3 Å². The van der Waals surface area contributed by atoms with Gasteiger partial charge in [0.15, 0.2) is 0 Å². The number of thioether (sulfide) groups is 2. The number of hydrazine groups is 1. The summed E-state index contributed by atoms with van der Waals surface area (Å²) in [6.45, 7) is 0. The summed E-state index contributed by atoms with van der Waals surface area (Å²) < 4.78 is 0. The molecule has 0 amide bonds. The molecular weight excluding hydrogens is 200 g/mol. The molecule has 0 bridgehead atoms. The van der Waals surface area contributed by atoms with Gasteiger partial charge in [-0.2, -0.15) is 23.5 Å². The molecule has 0 aromatic rings. The van der Waals surface area contributed by atoms with Crippen LogP contribution < -0.4 is 11.3 Å². The summed E-state index contributed by atoms with van der Waals surface area (Å²) in [5.41, 5.74) is 2.88. The van der Waals surface area contributed by atoms with Gasteiger partial charge in [-0.15, -0.1) is 12.3 Å². The van der Waals surface area contributed by atoms with Gasteiger partial charge < -0.3 is 0 Å². The van der Waals surface area contributed by atoms with Crippen molar-refractivity contribution in [3.63, 3.8) is 0 Å². The van der Waals surface area contributed by atoms with E-state index in [9.17, 15) is 0 Å². The molecule has 1 heterocycles. The molecule has 2 unspecified atom stereocenters. The fourth-order valence-electron chi connectivity index (χ4n) is 1.35. The highest BCUT2D eigenvalue weighted by molar-refractivity contribution is 8.06. The lowest BCUT2D eigenvalue weighted by Gasteiger charge is -2.28. The van der Waals surface area contributed by atoms with Crippen molar-refractivity contribution < 1.29 is 0 Å². The van der Waals surface area contributed by atoms with Crippen molar-refractivity contribution in [3.05, 3.63) is 0 Å². The van der Waals surface area contributed by atoms with Crippen LogP contribution in [0, 0.1) is 12.3 Å². The van der Waals surface area contributed by atoms with E-state index in [0.29, 0.717) is 11.3 Å². The molecule has 0 aliphatic carbocycles. The van der Waals surface area contributed by atoms with Gasteiger partial charge >= 0.3 is 0 Å². The molecule has 1 aliphatic heterocycles. The van der Waals surface area contributed by atoms with Crippen LogP contribution in [0.3, 0.4) is 0 Å². The van der Waals surface area contributed by atoms with Crippen LogP contribution in [0.4, 0.5) is 0 Å². The second-order valence-corrected chi connectivity index (χ2v) is 5.50. The highest BCUT2D eigenvalue weighted by atomic mass is 32.2. The van der Waals surface area contributed by atoms with Gasteiger partial charge in [-0.3, -0.25) is 11.3 Å². The minimum Gasteiger partial charge on any atom is -0.271 e. The maximum Gasteiger partial charge on any atom is 0.0346 e. The zero-order chi connectivity index (χ0) is 9.52. The van der Waals surface area contributed by atoms with E-state index in [-0.39, 0.29) is 0 Å². The van der Waals surface area contributed by atoms with Gasteiger partial charge in [0.05, 0.1) is 0 Å². The summed E-state index contributed by atoms with van der Waals surface area (Å²) in [4.78, 5) is 0. The normalized spacial score (nSPS) is 25.1. The smallest absolute Gasteiger partial charge is 0.0346 e. The summed E-state index contributed by atoms with van der Waals surface area (Å²) in [5, 5.41) is 0.636. The van der Waals surface area contributed by atoms with Crippen molar-refractivity contribution in [2.75, 3.05) is 17.3 Å². The monoisotopic (exact) mass is 216 g/mol. The third-order valence-electron chi connectivity index (χ3n) is 2.10. The Kier molecular flexibility index (Phi) is 5.72.